The van der Waals surface area contributed by atoms with Crippen molar-refractivity contribution in [3.63, 3.8) is 0 Å². The zero-order valence-corrected chi connectivity index (χ0v) is 14.9. The third kappa shape index (κ3) is 6.13. The molecule has 0 fully saturated rings. The van der Waals surface area contributed by atoms with Crippen LogP contribution in [0, 0.1) is 6.92 Å². The van der Waals surface area contributed by atoms with E-state index in [9.17, 15) is 4.79 Å². The maximum absolute atomic E-state index is 11.9. The van der Waals surface area contributed by atoms with Crippen LogP contribution in [0.1, 0.15) is 16.7 Å². The van der Waals surface area contributed by atoms with Crippen molar-refractivity contribution in [1.82, 2.24) is 5.32 Å². The van der Waals surface area contributed by atoms with Gasteiger partial charge in [0.2, 0.25) is 5.91 Å². The Morgan fingerprint density at radius 2 is 2.00 bits per heavy atom. The Balaban J connectivity index is 1.72. The fourth-order valence-corrected chi connectivity index (χ4v) is 3.04. The lowest BCUT2D eigenvalue weighted by molar-refractivity contribution is -0.116. The molecule has 0 radical (unpaired) electrons. The van der Waals surface area contributed by atoms with Crippen molar-refractivity contribution in [2.45, 2.75) is 12.7 Å². The highest BCUT2D eigenvalue weighted by atomic mass is 32.2. The average molecular weight is 341 g/mol. The number of aryl methyl sites for hydroxylation is 1. The number of hydrogen-bond donors (Lipinski definition) is 1. The summed E-state index contributed by atoms with van der Waals surface area (Å²) in [6.45, 7) is 2.67. The summed E-state index contributed by atoms with van der Waals surface area (Å²) >= 11 is 1.81. The highest BCUT2D eigenvalue weighted by Gasteiger charge is 2.01. The second-order valence-electron chi connectivity index (χ2n) is 5.41. The largest absolute Gasteiger partial charge is 0.496 e. The van der Waals surface area contributed by atoms with Crippen LogP contribution in [0.4, 0.5) is 0 Å². The third-order valence-corrected chi connectivity index (χ3v) is 4.49. The minimum Gasteiger partial charge on any atom is -0.496 e. The normalized spacial score (nSPS) is 10.8. The summed E-state index contributed by atoms with van der Waals surface area (Å²) in [4.78, 5) is 11.9. The molecular formula is C20H23NO2S. The van der Waals surface area contributed by atoms with E-state index in [-0.39, 0.29) is 5.91 Å². The van der Waals surface area contributed by atoms with Crippen LogP contribution >= 0.6 is 11.8 Å². The van der Waals surface area contributed by atoms with Crippen molar-refractivity contribution in [3.05, 3.63) is 71.3 Å². The number of carbonyl (C=O) groups is 1. The van der Waals surface area contributed by atoms with Gasteiger partial charge in [0.15, 0.2) is 0 Å². The van der Waals surface area contributed by atoms with E-state index in [0.717, 1.165) is 28.4 Å². The van der Waals surface area contributed by atoms with E-state index in [1.165, 1.54) is 5.56 Å². The van der Waals surface area contributed by atoms with Crippen LogP contribution in [-0.4, -0.2) is 25.3 Å². The van der Waals surface area contributed by atoms with Crippen molar-refractivity contribution in [2.75, 3.05) is 19.4 Å². The average Bonchev–Trinajstić information content (AvgIpc) is 2.60. The number of hydrogen-bond acceptors (Lipinski definition) is 3. The van der Waals surface area contributed by atoms with Crippen LogP contribution in [0.2, 0.25) is 0 Å². The first kappa shape index (κ1) is 18.1. The number of benzene rings is 2. The summed E-state index contributed by atoms with van der Waals surface area (Å²) < 4.78 is 5.30. The van der Waals surface area contributed by atoms with Crippen molar-refractivity contribution in [1.29, 1.82) is 0 Å². The fraction of sp³-hybridized carbons (Fsp3) is 0.250. The minimum absolute atomic E-state index is 0.0844. The Morgan fingerprint density at radius 1 is 1.21 bits per heavy atom. The fourth-order valence-electron chi connectivity index (χ4n) is 2.22. The first-order valence-electron chi connectivity index (χ1n) is 7.91. The van der Waals surface area contributed by atoms with E-state index in [0.29, 0.717) is 6.54 Å². The molecule has 0 atom stereocenters. The van der Waals surface area contributed by atoms with Gasteiger partial charge in [-0.2, -0.15) is 11.8 Å². The summed E-state index contributed by atoms with van der Waals surface area (Å²) in [5.74, 6) is 2.54. The third-order valence-electron chi connectivity index (χ3n) is 3.46. The van der Waals surface area contributed by atoms with Crippen molar-refractivity contribution in [2.24, 2.45) is 0 Å². The Bertz CT molecular complexity index is 683. The standard InChI is InChI=1S/C20H23NO2S/c1-16-8-10-19(23-2)18(14-16)9-11-20(22)21-12-13-24-15-17-6-4-3-5-7-17/h3-11,14H,12-13,15H2,1-2H3,(H,21,22)/b11-9+. The Labute approximate surface area is 148 Å². The zero-order chi connectivity index (χ0) is 17.2. The lowest BCUT2D eigenvalue weighted by atomic mass is 10.1. The highest BCUT2D eigenvalue weighted by molar-refractivity contribution is 7.98. The molecule has 0 aliphatic heterocycles. The topological polar surface area (TPSA) is 38.3 Å². The minimum atomic E-state index is -0.0844. The van der Waals surface area contributed by atoms with Gasteiger partial charge in [0, 0.05) is 29.7 Å². The maximum Gasteiger partial charge on any atom is 0.244 e. The van der Waals surface area contributed by atoms with E-state index in [4.69, 9.17) is 4.74 Å². The van der Waals surface area contributed by atoms with Gasteiger partial charge in [0.1, 0.15) is 5.75 Å². The van der Waals surface area contributed by atoms with Gasteiger partial charge in [0.25, 0.3) is 0 Å². The van der Waals surface area contributed by atoms with Crippen molar-refractivity contribution < 1.29 is 9.53 Å². The van der Waals surface area contributed by atoms with E-state index >= 15 is 0 Å². The number of carbonyl (C=O) groups excluding carboxylic acids is 1. The smallest absolute Gasteiger partial charge is 0.244 e. The van der Waals surface area contributed by atoms with Gasteiger partial charge in [-0.1, -0.05) is 42.0 Å². The molecule has 0 bridgehead atoms. The van der Waals surface area contributed by atoms with E-state index in [1.807, 2.05) is 55.1 Å². The first-order chi connectivity index (χ1) is 11.7. The number of methoxy groups -OCH3 is 1. The van der Waals surface area contributed by atoms with Gasteiger partial charge >= 0.3 is 0 Å². The number of ether oxygens (including phenoxy) is 1. The van der Waals surface area contributed by atoms with Crippen LogP contribution < -0.4 is 10.1 Å². The molecule has 1 N–H and O–H groups in total. The lowest BCUT2D eigenvalue weighted by Crippen LogP contribution is -2.23. The van der Waals surface area contributed by atoms with Crippen LogP contribution in [-0.2, 0) is 10.5 Å². The molecule has 126 valence electrons. The first-order valence-corrected chi connectivity index (χ1v) is 9.07. The van der Waals surface area contributed by atoms with Crippen LogP contribution in [0.15, 0.2) is 54.6 Å². The van der Waals surface area contributed by atoms with Gasteiger partial charge in [-0.05, 0) is 30.7 Å². The molecule has 2 aromatic carbocycles. The molecular weight excluding hydrogens is 318 g/mol. The molecule has 2 aromatic rings. The van der Waals surface area contributed by atoms with Crippen molar-refractivity contribution in [3.8, 4) is 5.75 Å². The van der Waals surface area contributed by atoms with E-state index < -0.39 is 0 Å². The number of rotatable bonds is 8. The summed E-state index contributed by atoms with van der Waals surface area (Å²) in [7, 11) is 1.63. The summed E-state index contributed by atoms with van der Waals surface area (Å²) in [6.07, 6.45) is 3.34. The summed E-state index contributed by atoms with van der Waals surface area (Å²) in [5, 5.41) is 2.90. The molecule has 3 nitrogen and oxygen atoms in total. The van der Waals surface area contributed by atoms with Gasteiger partial charge < -0.3 is 10.1 Å². The number of nitrogens with one attached hydrogen (secondary N) is 1. The molecule has 2 rings (SSSR count). The predicted octanol–water partition coefficient (Wildman–Crippen LogP) is 4.07. The molecule has 1 amide bonds. The molecule has 0 spiro atoms. The molecule has 0 aliphatic rings. The van der Waals surface area contributed by atoms with Crippen LogP contribution in [0.3, 0.4) is 0 Å². The van der Waals surface area contributed by atoms with Crippen molar-refractivity contribution >= 4 is 23.7 Å². The van der Waals surface area contributed by atoms with Crippen LogP contribution in [0.5, 0.6) is 5.75 Å². The van der Waals surface area contributed by atoms with E-state index in [2.05, 4.69) is 17.4 Å². The lowest BCUT2D eigenvalue weighted by Gasteiger charge is -2.06. The molecule has 4 heteroatoms. The van der Waals surface area contributed by atoms with E-state index in [1.54, 1.807) is 19.3 Å². The summed E-state index contributed by atoms with van der Waals surface area (Å²) in [6, 6.07) is 16.2. The van der Waals surface area contributed by atoms with Gasteiger partial charge in [-0.25, -0.2) is 0 Å². The molecule has 0 saturated heterocycles. The monoisotopic (exact) mass is 341 g/mol. The van der Waals surface area contributed by atoms with Gasteiger partial charge in [-0.15, -0.1) is 0 Å². The highest BCUT2D eigenvalue weighted by Crippen LogP contribution is 2.20. The van der Waals surface area contributed by atoms with Gasteiger partial charge in [0.05, 0.1) is 7.11 Å². The molecule has 0 aliphatic carbocycles. The quantitative estimate of drug-likeness (QED) is 0.581. The second-order valence-corrected chi connectivity index (χ2v) is 6.51. The Morgan fingerprint density at radius 3 is 2.75 bits per heavy atom. The SMILES string of the molecule is COc1ccc(C)cc1/C=C/C(=O)NCCSCc1ccccc1. The molecule has 0 unspecified atom stereocenters. The molecule has 0 aromatic heterocycles. The molecule has 24 heavy (non-hydrogen) atoms. The maximum atomic E-state index is 11.9. The predicted molar refractivity (Wildman–Crippen MR) is 102 cm³/mol. The Kier molecular flexibility index (Phi) is 7.43. The molecule has 0 saturated carbocycles. The van der Waals surface area contributed by atoms with Gasteiger partial charge in [-0.3, -0.25) is 4.79 Å². The second kappa shape index (κ2) is 9.83. The zero-order valence-electron chi connectivity index (χ0n) is 14.1. The number of amides is 1. The summed E-state index contributed by atoms with van der Waals surface area (Å²) in [5.41, 5.74) is 3.35. The van der Waals surface area contributed by atoms with Crippen LogP contribution in [0.25, 0.3) is 6.08 Å². The molecule has 0 heterocycles. The Hall–Kier alpha value is -2.20. The number of thioether (sulfide) groups is 1.